The largest absolute Gasteiger partial charge is 0.493 e. The molecular formula is C18H29NO2. The Balaban J connectivity index is 1.90. The highest BCUT2D eigenvalue weighted by Crippen LogP contribution is 2.33. The van der Waals surface area contributed by atoms with E-state index < -0.39 is 0 Å². The van der Waals surface area contributed by atoms with E-state index in [2.05, 4.69) is 44.3 Å². The second kappa shape index (κ2) is 7.28. The van der Waals surface area contributed by atoms with Crippen molar-refractivity contribution in [2.24, 2.45) is 0 Å². The van der Waals surface area contributed by atoms with Crippen LogP contribution in [0, 0.1) is 0 Å². The molecule has 1 atom stereocenters. The standard InChI is InChI=1S/C18H29NO2/c1-5-11-19-17-9-6-14-13-15(7-8-16(14)17)21-12-10-18(2,3)20-4/h7-8,13,17,19H,5-6,9-12H2,1-4H3. The molecule has 0 aliphatic heterocycles. The van der Waals surface area contributed by atoms with Gasteiger partial charge >= 0.3 is 0 Å². The van der Waals surface area contributed by atoms with E-state index in [-0.39, 0.29) is 5.60 Å². The number of ether oxygens (including phenoxy) is 2. The molecular weight excluding hydrogens is 262 g/mol. The van der Waals surface area contributed by atoms with Crippen molar-refractivity contribution in [2.45, 2.75) is 58.1 Å². The highest BCUT2D eigenvalue weighted by Gasteiger charge is 2.22. The third-order valence-corrected chi connectivity index (χ3v) is 4.36. The topological polar surface area (TPSA) is 30.5 Å². The Morgan fingerprint density at radius 2 is 2.14 bits per heavy atom. The first-order chi connectivity index (χ1) is 10.1. The lowest BCUT2D eigenvalue weighted by Crippen LogP contribution is -2.25. The summed E-state index contributed by atoms with van der Waals surface area (Å²) in [7, 11) is 1.75. The van der Waals surface area contributed by atoms with E-state index in [0.29, 0.717) is 12.6 Å². The van der Waals surface area contributed by atoms with E-state index >= 15 is 0 Å². The van der Waals surface area contributed by atoms with Gasteiger partial charge < -0.3 is 14.8 Å². The van der Waals surface area contributed by atoms with Crippen LogP contribution in [0.1, 0.15) is 57.2 Å². The molecule has 2 rings (SSSR count). The minimum atomic E-state index is -0.119. The summed E-state index contributed by atoms with van der Waals surface area (Å²) in [5, 5.41) is 3.62. The molecule has 0 amide bonds. The summed E-state index contributed by atoms with van der Waals surface area (Å²) in [6.07, 6.45) is 4.43. The van der Waals surface area contributed by atoms with Crippen molar-refractivity contribution in [3.8, 4) is 5.75 Å². The zero-order chi connectivity index (χ0) is 15.3. The Morgan fingerprint density at radius 1 is 1.33 bits per heavy atom. The van der Waals surface area contributed by atoms with E-state index in [1.165, 1.54) is 24.0 Å². The van der Waals surface area contributed by atoms with E-state index in [1.807, 2.05) is 0 Å². The zero-order valence-electron chi connectivity index (χ0n) is 13.9. The summed E-state index contributed by atoms with van der Waals surface area (Å²) in [4.78, 5) is 0. The Labute approximate surface area is 129 Å². The molecule has 3 nitrogen and oxygen atoms in total. The third kappa shape index (κ3) is 4.45. The molecule has 0 aromatic heterocycles. The molecule has 0 saturated heterocycles. The molecule has 0 saturated carbocycles. The molecule has 21 heavy (non-hydrogen) atoms. The van der Waals surface area contributed by atoms with Crippen molar-refractivity contribution >= 4 is 0 Å². The molecule has 0 spiro atoms. The van der Waals surface area contributed by atoms with Crippen LogP contribution in [0.25, 0.3) is 0 Å². The van der Waals surface area contributed by atoms with Crippen LogP contribution in [-0.2, 0) is 11.2 Å². The molecule has 0 fully saturated rings. The number of hydrogen-bond acceptors (Lipinski definition) is 3. The van der Waals surface area contributed by atoms with Crippen LogP contribution < -0.4 is 10.1 Å². The quantitative estimate of drug-likeness (QED) is 0.788. The fraction of sp³-hybridized carbons (Fsp3) is 0.667. The van der Waals surface area contributed by atoms with Gasteiger partial charge in [0.05, 0.1) is 12.2 Å². The molecule has 1 aliphatic rings. The molecule has 1 unspecified atom stereocenters. The first-order valence-corrected chi connectivity index (χ1v) is 8.10. The Hall–Kier alpha value is -1.06. The minimum Gasteiger partial charge on any atom is -0.493 e. The summed E-state index contributed by atoms with van der Waals surface area (Å²) in [5.41, 5.74) is 2.77. The first-order valence-electron chi connectivity index (χ1n) is 8.10. The fourth-order valence-electron chi connectivity index (χ4n) is 2.73. The van der Waals surface area contributed by atoms with Crippen molar-refractivity contribution in [3.05, 3.63) is 29.3 Å². The molecule has 0 heterocycles. The first kappa shape index (κ1) is 16.3. The molecule has 3 heteroatoms. The number of hydrogen-bond donors (Lipinski definition) is 1. The van der Waals surface area contributed by atoms with Crippen molar-refractivity contribution < 1.29 is 9.47 Å². The lowest BCUT2D eigenvalue weighted by Gasteiger charge is -2.22. The second-order valence-electron chi connectivity index (χ2n) is 6.47. The van der Waals surface area contributed by atoms with Gasteiger partial charge in [0, 0.05) is 19.6 Å². The Bertz CT molecular complexity index is 457. The van der Waals surface area contributed by atoms with E-state index in [9.17, 15) is 0 Å². The average Bonchev–Trinajstić information content (AvgIpc) is 2.87. The number of benzene rings is 1. The maximum Gasteiger partial charge on any atom is 0.119 e. The number of methoxy groups -OCH3 is 1. The average molecular weight is 291 g/mol. The van der Waals surface area contributed by atoms with Gasteiger partial charge in [-0.3, -0.25) is 0 Å². The highest BCUT2D eigenvalue weighted by molar-refractivity contribution is 5.40. The van der Waals surface area contributed by atoms with Crippen LogP contribution in [-0.4, -0.2) is 25.9 Å². The normalized spacial score (nSPS) is 17.8. The summed E-state index contributed by atoms with van der Waals surface area (Å²) in [6.45, 7) is 8.17. The van der Waals surface area contributed by atoms with Gasteiger partial charge in [0.1, 0.15) is 5.75 Å². The van der Waals surface area contributed by atoms with Gasteiger partial charge in [-0.05, 0) is 62.9 Å². The van der Waals surface area contributed by atoms with Crippen molar-refractivity contribution in [3.63, 3.8) is 0 Å². The van der Waals surface area contributed by atoms with Crippen LogP contribution in [0.2, 0.25) is 0 Å². The van der Waals surface area contributed by atoms with Gasteiger partial charge in [0.2, 0.25) is 0 Å². The van der Waals surface area contributed by atoms with Crippen LogP contribution in [0.4, 0.5) is 0 Å². The highest BCUT2D eigenvalue weighted by atomic mass is 16.5. The maximum absolute atomic E-state index is 5.88. The Kier molecular flexibility index (Phi) is 5.65. The van der Waals surface area contributed by atoms with Crippen LogP contribution in [0.5, 0.6) is 5.75 Å². The molecule has 1 aromatic carbocycles. The molecule has 1 aliphatic carbocycles. The lowest BCUT2D eigenvalue weighted by atomic mass is 10.1. The van der Waals surface area contributed by atoms with Crippen LogP contribution in [0.15, 0.2) is 18.2 Å². The predicted molar refractivity (Wildman–Crippen MR) is 87.0 cm³/mol. The SMILES string of the molecule is CCCNC1CCc2cc(OCCC(C)(C)OC)ccc21. The fourth-order valence-corrected chi connectivity index (χ4v) is 2.73. The van der Waals surface area contributed by atoms with Crippen molar-refractivity contribution in [2.75, 3.05) is 20.3 Å². The molecule has 118 valence electrons. The van der Waals surface area contributed by atoms with Crippen molar-refractivity contribution in [1.82, 2.24) is 5.32 Å². The second-order valence-corrected chi connectivity index (χ2v) is 6.47. The van der Waals surface area contributed by atoms with Crippen LogP contribution >= 0.6 is 0 Å². The smallest absolute Gasteiger partial charge is 0.119 e. The van der Waals surface area contributed by atoms with Gasteiger partial charge in [-0.25, -0.2) is 0 Å². The lowest BCUT2D eigenvalue weighted by molar-refractivity contribution is 0.00545. The van der Waals surface area contributed by atoms with Gasteiger partial charge in [0.25, 0.3) is 0 Å². The minimum absolute atomic E-state index is 0.119. The summed E-state index contributed by atoms with van der Waals surface area (Å²) in [6, 6.07) is 7.07. The van der Waals surface area contributed by atoms with E-state index in [0.717, 1.165) is 25.1 Å². The number of rotatable bonds is 8. The van der Waals surface area contributed by atoms with Gasteiger partial charge in [-0.1, -0.05) is 13.0 Å². The van der Waals surface area contributed by atoms with Crippen molar-refractivity contribution in [1.29, 1.82) is 0 Å². The number of fused-ring (bicyclic) bond motifs is 1. The molecule has 0 bridgehead atoms. The zero-order valence-corrected chi connectivity index (χ0v) is 13.9. The van der Waals surface area contributed by atoms with Gasteiger partial charge in [-0.15, -0.1) is 0 Å². The number of aryl methyl sites for hydroxylation is 1. The molecule has 1 N–H and O–H groups in total. The van der Waals surface area contributed by atoms with Gasteiger partial charge in [0.15, 0.2) is 0 Å². The number of nitrogens with one attached hydrogen (secondary N) is 1. The summed E-state index contributed by atoms with van der Waals surface area (Å²) >= 11 is 0. The monoisotopic (exact) mass is 291 g/mol. The van der Waals surface area contributed by atoms with E-state index in [4.69, 9.17) is 9.47 Å². The molecule has 0 radical (unpaired) electrons. The third-order valence-electron chi connectivity index (χ3n) is 4.36. The van der Waals surface area contributed by atoms with Crippen LogP contribution in [0.3, 0.4) is 0 Å². The summed E-state index contributed by atoms with van der Waals surface area (Å²) < 4.78 is 11.3. The Morgan fingerprint density at radius 3 is 2.86 bits per heavy atom. The van der Waals surface area contributed by atoms with E-state index in [1.54, 1.807) is 7.11 Å². The maximum atomic E-state index is 5.88. The molecule has 1 aromatic rings. The predicted octanol–water partition coefficient (Wildman–Crippen LogP) is 3.87. The van der Waals surface area contributed by atoms with Gasteiger partial charge in [-0.2, -0.15) is 0 Å². The summed E-state index contributed by atoms with van der Waals surface area (Å²) in [5.74, 6) is 0.983.